The first-order valence-corrected chi connectivity index (χ1v) is 7.96. The molecular weight excluding hydrogens is 365 g/mol. The summed E-state index contributed by atoms with van der Waals surface area (Å²) in [4.78, 5) is 24.2. The van der Waals surface area contributed by atoms with Gasteiger partial charge in [0.1, 0.15) is 5.82 Å². The molecule has 4 nitrogen and oxygen atoms in total. The molecule has 0 unspecified atom stereocenters. The fourth-order valence-electron chi connectivity index (χ4n) is 2.51. The molecule has 0 radical (unpaired) electrons. The Morgan fingerprint density at radius 2 is 1.91 bits per heavy atom. The van der Waals surface area contributed by atoms with E-state index in [0.29, 0.717) is 10.0 Å². The van der Waals surface area contributed by atoms with Crippen molar-refractivity contribution in [1.82, 2.24) is 4.57 Å². The minimum atomic E-state index is -0.742. The highest BCUT2D eigenvalue weighted by atomic mass is 79.9. The second-order valence-electron chi connectivity index (χ2n) is 5.15. The fourth-order valence-corrected chi connectivity index (χ4v) is 2.92. The van der Waals surface area contributed by atoms with Gasteiger partial charge in [-0.05, 0) is 61.0 Å². The highest BCUT2D eigenvalue weighted by Crippen LogP contribution is 2.20. The van der Waals surface area contributed by atoms with E-state index in [9.17, 15) is 14.0 Å². The summed E-state index contributed by atoms with van der Waals surface area (Å²) in [5, 5.41) is 0. The topological polar surface area (TPSA) is 48.3 Å². The molecule has 6 heteroatoms. The lowest BCUT2D eigenvalue weighted by Crippen LogP contribution is -2.15. The molecule has 23 heavy (non-hydrogen) atoms. The molecule has 1 heterocycles. The van der Waals surface area contributed by atoms with E-state index in [1.165, 1.54) is 12.1 Å². The molecule has 0 fully saturated rings. The normalized spacial score (nSPS) is 10.7. The summed E-state index contributed by atoms with van der Waals surface area (Å²) in [6, 6.07) is 5.50. The van der Waals surface area contributed by atoms with Gasteiger partial charge in [0.15, 0.2) is 6.61 Å². The molecular formula is C17H17BrFNO3. The first kappa shape index (κ1) is 17.4. The van der Waals surface area contributed by atoms with Gasteiger partial charge in [-0.15, -0.1) is 0 Å². The fraction of sp³-hybridized carbons (Fsp3) is 0.294. The summed E-state index contributed by atoms with van der Waals surface area (Å²) in [5.74, 6) is -1.56. The Bertz CT molecular complexity index is 767. The maximum absolute atomic E-state index is 13.2. The van der Waals surface area contributed by atoms with Crippen molar-refractivity contribution < 1.29 is 18.7 Å². The molecule has 0 bridgehead atoms. The zero-order valence-electron chi connectivity index (χ0n) is 13.2. The van der Waals surface area contributed by atoms with E-state index in [0.717, 1.165) is 24.0 Å². The largest absolute Gasteiger partial charge is 0.454 e. The Kier molecular flexibility index (Phi) is 5.36. The van der Waals surface area contributed by atoms with Crippen molar-refractivity contribution in [3.8, 4) is 0 Å². The number of aromatic nitrogens is 1. The summed E-state index contributed by atoms with van der Waals surface area (Å²) in [6.45, 7) is 6.16. The lowest BCUT2D eigenvalue weighted by molar-refractivity contribution is 0.0473. The van der Waals surface area contributed by atoms with E-state index in [-0.39, 0.29) is 18.0 Å². The zero-order chi connectivity index (χ0) is 17.1. The van der Waals surface area contributed by atoms with Crippen molar-refractivity contribution in [1.29, 1.82) is 0 Å². The molecule has 0 N–H and O–H groups in total. The number of esters is 1. The highest BCUT2D eigenvalue weighted by molar-refractivity contribution is 9.10. The van der Waals surface area contributed by atoms with Crippen LogP contribution in [0.3, 0.4) is 0 Å². The van der Waals surface area contributed by atoms with Gasteiger partial charge in [-0.3, -0.25) is 4.79 Å². The number of halogens is 2. The molecule has 0 aliphatic rings. The van der Waals surface area contributed by atoms with Crippen LogP contribution in [0.1, 0.15) is 39.0 Å². The Labute approximate surface area is 142 Å². The SMILES string of the molecule is CCn1c(C)cc(C(=O)COC(=O)c2cc(F)ccc2Br)c1C. The standard InChI is InChI=1S/C17H17BrFNO3/c1-4-20-10(2)7-13(11(20)3)16(21)9-23-17(22)14-8-12(19)5-6-15(14)18/h5-8H,4,9H2,1-3H3. The van der Waals surface area contributed by atoms with Crippen LogP contribution in [-0.4, -0.2) is 22.9 Å². The first-order valence-electron chi connectivity index (χ1n) is 7.17. The monoisotopic (exact) mass is 381 g/mol. The number of aryl methyl sites for hydroxylation is 1. The highest BCUT2D eigenvalue weighted by Gasteiger charge is 2.18. The van der Waals surface area contributed by atoms with Crippen LogP contribution in [0, 0.1) is 19.7 Å². The van der Waals surface area contributed by atoms with Crippen molar-refractivity contribution in [2.45, 2.75) is 27.3 Å². The van der Waals surface area contributed by atoms with E-state index in [4.69, 9.17) is 4.74 Å². The van der Waals surface area contributed by atoms with Gasteiger partial charge >= 0.3 is 5.97 Å². The molecule has 1 aromatic carbocycles. The minimum Gasteiger partial charge on any atom is -0.454 e. The Morgan fingerprint density at radius 3 is 2.52 bits per heavy atom. The predicted molar refractivity (Wildman–Crippen MR) is 88.3 cm³/mol. The van der Waals surface area contributed by atoms with Crippen molar-refractivity contribution in [2.75, 3.05) is 6.61 Å². The minimum absolute atomic E-state index is 0.0526. The molecule has 0 amide bonds. The van der Waals surface area contributed by atoms with Crippen molar-refractivity contribution in [2.24, 2.45) is 0 Å². The number of hydrogen-bond acceptors (Lipinski definition) is 3. The van der Waals surface area contributed by atoms with E-state index >= 15 is 0 Å². The van der Waals surface area contributed by atoms with Crippen LogP contribution in [0.25, 0.3) is 0 Å². The van der Waals surface area contributed by atoms with Crippen LogP contribution >= 0.6 is 15.9 Å². The Morgan fingerprint density at radius 1 is 1.22 bits per heavy atom. The van der Waals surface area contributed by atoms with E-state index < -0.39 is 11.8 Å². The predicted octanol–water partition coefficient (Wildman–Crippen LogP) is 4.07. The number of benzene rings is 1. The van der Waals surface area contributed by atoms with Crippen LogP contribution in [0.2, 0.25) is 0 Å². The zero-order valence-corrected chi connectivity index (χ0v) is 14.7. The van der Waals surface area contributed by atoms with Gasteiger partial charge in [-0.1, -0.05) is 0 Å². The first-order chi connectivity index (χ1) is 10.8. The van der Waals surface area contributed by atoms with E-state index in [2.05, 4.69) is 15.9 Å². The van der Waals surface area contributed by atoms with Crippen LogP contribution in [-0.2, 0) is 11.3 Å². The van der Waals surface area contributed by atoms with Gasteiger partial charge in [-0.2, -0.15) is 0 Å². The summed E-state index contributed by atoms with van der Waals surface area (Å²) >= 11 is 3.16. The second-order valence-corrected chi connectivity index (χ2v) is 6.01. The maximum atomic E-state index is 13.2. The Hall–Kier alpha value is -1.95. The molecule has 0 spiro atoms. The van der Waals surface area contributed by atoms with Gasteiger partial charge in [0.2, 0.25) is 5.78 Å². The Balaban J connectivity index is 2.10. The van der Waals surface area contributed by atoms with E-state index in [1.54, 1.807) is 6.07 Å². The van der Waals surface area contributed by atoms with Gasteiger partial charge in [-0.25, -0.2) is 9.18 Å². The third-order valence-corrected chi connectivity index (χ3v) is 4.36. The number of ketones is 1. The average Bonchev–Trinajstić information content (AvgIpc) is 2.81. The molecule has 2 aromatic rings. The lowest BCUT2D eigenvalue weighted by Gasteiger charge is -2.07. The number of carbonyl (C=O) groups is 2. The number of hydrogen-bond donors (Lipinski definition) is 0. The molecule has 2 rings (SSSR count). The number of nitrogens with zero attached hydrogens (tertiary/aromatic N) is 1. The third kappa shape index (κ3) is 3.69. The molecule has 122 valence electrons. The smallest absolute Gasteiger partial charge is 0.339 e. The molecule has 0 saturated heterocycles. The molecule has 0 aliphatic carbocycles. The van der Waals surface area contributed by atoms with Crippen LogP contribution in [0.15, 0.2) is 28.7 Å². The van der Waals surface area contributed by atoms with Crippen molar-refractivity contribution in [3.63, 3.8) is 0 Å². The van der Waals surface area contributed by atoms with Crippen LogP contribution in [0.5, 0.6) is 0 Å². The van der Waals surface area contributed by atoms with Gasteiger partial charge in [0.05, 0.1) is 5.56 Å². The summed E-state index contributed by atoms with van der Waals surface area (Å²) in [6.07, 6.45) is 0. The average molecular weight is 382 g/mol. The van der Waals surface area contributed by atoms with Gasteiger partial charge < -0.3 is 9.30 Å². The summed E-state index contributed by atoms with van der Waals surface area (Å²) < 4.78 is 20.7. The van der Waals surface area contributed by atoms with Gasteiger partial charge in [0, 0.05) is 28.0 Å². The molecule has 0 aliphatic heterocycles. The number of rotatable bonds is 5. The van der Waals surface area contributed by atoms with Crippen LogP contribution in [0.4, 0.5) is 4.39 Å². The van der Waals surface area contributed by atoms with Gasteiger partial charge in [0.25, 0.3) is 0 Å². The number of carbonyl (C=O) groups excluding carboxylic acids is 2. The van der Waals surface area contributed by atoms with Crippen molar-refractivity contribution in [3.05, 3.63) is 57.1 Å². The number of Topliss-reactive ketones (excluding diaryl/α,β-unsaturated/α-hetero) is 1. The lowest BCUT2D eigenvalue weighted by atomic mass is 10.1. The second kappa shape index (κ2) is 7.08. The molecule has 1 aromatic heterocycles. The summed E-state index contributed by atoms with van der Waals surface area (Å²) in [5.41, 5.74) is 2.41. The van der Waals surface area contributed by atoms with Crippen molar-refractivity contribution >= 4 is 27.7 Å². The van der Waals surface area contributed by atoms with E-state index in [1.807, 2.05) is 25.3 Å². The molecule has 0 atom stereocenters. The quantitative estimate of drug-likeness (QED) is 0.579. The van der Waals surface area contributed by atoms with Crippen LogP contribution < -0.4 is 0 Å². The summed E-state index contributed by atoms with van der Waals surface area (Å²) in [7, 11) is 0. The molecule has 0 saturated carbocycles. The third-order valence-electron chi connectivity index (χ3n) is 3.67. The number of ether oxygens (including phenoxy) is 1. The maximum Gasteiger partial charge on any atom is 0.339 e.